The number of anilines is 1. The lowest BCUT2D eigenvalue weighted by atomic mass is 10.2. The third kappa shape index (κ3) is 5.45. The second-order valence-corrected chi connectivity index (χ2v) is 7.04. The van der Waals surface area contributed by atoms with Crippen molar-refractivity contribution in [3.8, 4) is 6.07 Å². The Morgan fingerprint density at radius 3 is 2.74 bits per heavy atom. The molecular weight excluding hydrogens is 348 g/mol. The lowest BCUT2D eigenvalue weighted by Crippen LogP contribution is -2.27. The van der Waals surface area contributed by atoms with E-state index in [4.69, 9.17) is 9.47 Å². The number of carbonyl (C=O) groups excluding carboxylic acids is 2. The molecule has 2 rings (SSSR count). The average molecular weight is 372 g/mol. The van der Waals surface area contributed by atoms with E-state index in [-0.39, 0.29) is 18.1 Å². The molecule has 8 heteroatoms. The Kier molecular flexibility index (Phi) is 6.40. The second kappa shape index (κ2) is 8.54. The van der Waals surface area contributed by atoms with Crippen LogP contribution in [0.1, 0.15) is 46.1 Å². The maximum absolute atomic E-state index is 12.1. The summed E-state index contributed by atoms with van der Waals surface area (Å²) in [6.07, 6.45) is 4.11. The van der Waals surface area contributed by atoms with Gasteiger partial charge in [0, 0.05) is 17.8 Å². The fourth-order valence-electron chi connectivity index (χ4n) is 2.41. The third-order valence-corrected chi connectivity index (χ3v) is 3.60. The van der Waals surface area contributed by atoms with Gasteiger partial charge < -0.3 is 14.0 Å². The Hall–Kier alpha value is -3.08. The first-order chi connectivity index (χ1) is 12.7. The van der Waals surface area contributed by atoms with Crippen LogP contribution in [0, 0.1) is 11.3 Å². The predicted octanol–water partition coefficient (Wildman–Crippen LogP) is 3.60. The zero-order valence-electron chi connectivity index (χ0n) is 16.0. The molecule has 0 aliphatic rings. The Labute approximate surface area is 158 Å². The minimum absolute atomic E-state index is 0.00199. The fraction of sp³-hybridized carbons (Fsp3) is 0.474. The molecule has 0 radical (unpaired) electrons. The van der Waals surface area contributed by atoms with E-state index < -0.39 is 11.7 Å². The van der Waals surface area contributed by atoms with Gasteiger partial charge in [0.25, 0.3) is 0 Å². The highest BCUT2D eigenvalue weighted by Gasteiger charge is 2.20. The number of nitrogens with one attached hydrogen (secondary N) is 1. The number of hydrogen-bond donors (Lipinski definition) is 1. The second-order valence-electron chi connectivity index (χ2n) is 7.04. The summed E-state index contributed by atoms with van der Waals surface area (Å²) < 4.78 is 12.0. The minimum Gasteiger partial charge on any atom is -0.464 e. The van der Waals surface area contributed by atoms with Crippen molar-refractivity contribution in [2.75, 3.05) is 11.9 Å². The van der Waals surface area contributed by atoms with Gasteiger partial charge in [0.15, 0.2) is 0 Å². The molecule has 0 saturated carbocycles. The predicted molar refractivity (Wildman–Crippen MR) is 100 cm³/mol. The van der Waals surface area contributed by atoms with Crippen LogP contribution in [0.4, 0.5) is 10.5 Å². The van der Waals surface area contributed by atoms with Crippen LogP contribution in [0.5, 0.6) is 0 Å². The van der Waals surface area contributed by atoms with Gasteiger partial charge in [-0.1, -0.05) is 13.3 Å². The molecule has 0 unspecified atom stereocenters. The number of hydrogen-bond acceptors (Lipinski definition) is 6. The lowest BCUT2D eigenvalue weighted by molar-refractivity contribution is -0.144. The van der Waals surface area contributed by atoms with E-state index in [9.17, 15) is 14.9 Å². The van der Waals surface area contributed by atoms with E-state index in [2.05, 4.69) is 10.3 Å². The molecule has 0 saturated heterocycles. The maximum atomic E-state index is 12.1. The van der Waals surface area contributed by atoms with Gasteiger partial charge >= 0.3 is 12.1 Å². The van der Waals surface area contributed by atoms with Crippen LogP contribution in [0.25, 0.3) is 11.0 Å². The van der Waals surface area contributed by atoms with Crippen molar-refractivity contribution in [3.05, 3.63) is 24.0 Å². The average Bonchev–Trinajstić information content (AvgIpc) is 2.97. The van der Waals surface area contributed by atoms with Crippen LogP contribution >= 0.6 is 0 Å². The smallest absolute Gasteiger partial charge is 0.412 e. The quantitative estimate of drug-likeness (QED) is 0.613. The van der Waals surface area contributed by atoms with Crippen molar-refractivity contribution in [2.24, 2.45) is 0 Å². The Bertz CT molecular complexity index is 874. The van der Waals surface area contributed by atoms with Crippen molar-refractivity contribution in [1.82, 2.24) is 9.55 Å². The van der Waals surface area contributed by atoms with Gasteiger partial charge in [-0.3, -0.25) is 10.1 Å². The van der Waals surface area contributed by atoms with E-state index in [1.165, 1.54) is 6.20 Å². The number of nitrogens with zero attached hydrogens (tertiary/aromatic N) is 3. The van der Waals surface area contributed by atoms with Gasteiger partial charge in [-0.05, 0) is 33.3 Å². The van der Waals surface area contributed by atoms with Gasteiger partial charge in [0.05, 0.1) is 17.9 Å². The molecule has 0 spiro atoms. The van der Waals surface area contributed by atoms with Gasteiger partial charge in [0.2, 0.25) is 0 Å². The summed E-state index contributed by atoms with van der Waals surface area (Å²) >= 11 is 0. The van der Waals surface area contributed by atoms with Crippen LogP contribution in [-0.2, 0) is 20.8 Å². The number of aromatic nitrogens is 2. The highest BCUT2D eigenvalue weighted by atomic mass is 16.6. The fourth-order valence-corrected chi connectivity index (χ4v) is 2.41. The van der Waals surface area contributed by atoms with Crippen molar-refractivity contribution in [3.63, 3.8) is 0 Å². The van der Waals surface area contributed by atoms with Crippen molar-refractivity contribution >= 4 is 28.8 Å². The number of pyridine rings is 1. The first-order valence-electron chi connectivity index (χ1n) is 8.78. The maximum Gasteiger partial charge on any atom is 0.412 e. The zero-order chi connectivity index (χ0) is 20.0. The minimum atomic E-state index is -0.669. The molecule has 1 N–H and O–H groups in total. The summed E-state index contributed by atoms with van der Waals surface area (Å²) in [5.74, 6) is -0.367. The summed E-state index contributed by atoms with van der Waals surface area (Å²) in [4.78, 5) is 28.3. The summed E-state index contributed by atoms with van der Waals surface area (Å²) in [6.45, 7) is 7.65. The normalized spacial score (nSPS) is 11.1. The highest BCUT2D eigenvalue weighted by molar-refractivity contribution is 6.00. The molecule has 144 valence electrons. The van der Waals surface area contributed by atoms with E-state index in [1.54, 1.807) is 37.6 Å². The monoisotopic (exact) mass is 372 g/mol. The van der Waals surface area contributed by atoms with Gasteiger partial charge in [-0.15, -0.1) is 0 Å². The SMILES string of the molecule is CCCCOC(=O)Cn1ccc2c(NC(=O)OC(C)(C)C)c(C#N)cnc21. The number of esters is 1. The summed E-state index contributed by atoms with van der Waals surface area (Å²) in [5, 5.41) is 12.5. The molecule has 0 aromatic carbocycles. The Morgan fingerprint density at radius 2 is 2.11 bits per heavy atom. The lowest BCUT2D eigenvalue weighted by Gasteiger charge is -2.20. The summed E-state index contributed by atoms with van der Waals surface area (Å²) in [7, 11) is 0. The number of fused-ring (bicyclic) bond motifs is 1. The largest absolute Gasteiger partial charge is 0.464 e. The van der Waals surface area contributed by atoms with Gasteiger partial charge in [-0.25, -0.2) is 9.78 Å². The molecular formula is C19H24N4O4. The molecule has 2 heterocycles. The standard InChI is InChI=1S/C19H24N4O4/c1-5-6-9-26-15(24)12-23-8-7-14-16(13(10-20)11-21-17(14)23)22-18(25)27-19(2,3)4/h7-8,11H,5-6,9,12H2,1-4H3,(H,21,22,25). The van der Waals surface area contributed by atoms with E-state index in [1.807, 2.05) is 13.0 Å². The molecule has 0 fully saturated rings. The number of ether oxygens (including phenoxy) is 2. The van der Waals surface area contributed by atoms with Gasteiger partial charge in [0.1, 0.15) is 23.9 Å². The first kappa shape index (κ1) is 20.2. The molecule has 1 amide bonds. The van der Waals surface area contributed by atoms with Crippen molar-refractivity contribution in [2.45, 2.75) is 52.7 Å². The molecule has 2 aromatic heterocycles. The number of carbonyl (C=O) groups is 2. The molecule has 0 bridgehead atoms. The van der Waals surface area contributed by atoms with Crippen LogP contribution in [0.3, 0.4) is 0 Å². The Balaban J connectivity index is 2.27. The molecule has 8 nitrogen and oxygen atoms in total. The van der Waals surface area contributed by atoms with Crippen molar-refractivity contribution in [1.29, 1.82) is 5.26 Å². The topological polar surface area (TPSA) is 106 Å². The summed E-state index contributed by atoms with van der Waals surface area (Å²) in [5.41, 5.74) is 0.302. The number of rotatable bonds is 6. The molecule has 0 atom stereocenters. The first-order valence-corrected chi connectivity index (χ1v) is 8.78. The molecule has 2 aromatic rings. The number of amides is 1. The highest BCUT2D eigenvalue weighted by Crippen LogP contribution is 2.27. The van der Waals surface area contributed by atoms with Gasteiger partial charge in [-0.2, -0.15) is 5.26 Å². The van der Waals surface area contributed by atoms with Crippen LogP contribution in [0.2, 0.25) is 0 Å². The van der Waals surface area contributed by atoms with E-state index in [0.717, 1.165) is 12.8 Å². The Morgan fingerprint density at radius 1 is 1.37 bits per heavy atom. The van der Waals surface area contributed by atoms with Crippen LogP contribution < -0.4 is 5.32 Å². The van der Waals surface area contributed by atoms with Crippen LogP contribution in [-0.4, -0.2) is 33.8 Å². The molecule has 0 aliphatic carbocycles. The number of nitriles is 1. The number of unbranched alkanes of at least 4 members (excludes halogenated alkanes) is 1. The molecule has 27 heavy (non-hydrogen) atoms. The zero-order valence-corrected chi connectivity index (χ0v) is 16.0. The van der Waals surface area contributed by atoms with E-state index in [0.29, 0.717) is 23.3 Å². The molecule has 0 aliphatic heterocycles. The van der Waals surface area contributed by atoms with E-state index >= 15 is 0 Å². The van der Waals surface area contributed by atoms with Crippen molar-refractivity contribution < 1.29 is 19.1 Å². The third-order valence-electron chi connectivity index (χ3n) is 3.60. The summed E-state index contributed by atoms with van der Waals surface area (Å²) in [6, 6.07) is 3.70. The van der Waals surface area contributed by atoms with Crippen LogP contribution in [0.15, 0.2) is 18.5 Å².